The van der Waals surface area contributed by atoms with Crippen LogP contribution in [0.3, 0.4) is 0 Å². The van der Waals surface area contributed by atoms with Gasteiger partial charge < -0.3 is 9.64 Å². The Bertz CT molecular complexity index is 620. The number of aryl methyl sites for hydroxylation is 1. The fourth-order valence-corrected chi connectivity index (χ4v) is 2.57. The molecule has 0 spiro atoms. The Morgan fingerprint density at radius 1 is 1.18 bits per heavy atom. The minimum atomic E-state index is 0.0675. The van der Waals surface area contributed by atoms with Crippen LogP contribution < -0.4 is 4.74 Å². The second kappa shape index (κ2) is 6.56. The van der Waals surface area contributed by atoms with E-state index in [1.165, 1.54) is 0 Å². The van der Waals surface area contributed by atoms with Crippen LogP contribution in [0.15, 0.2) is 42.9 Å². The van der Waals surface area contributed by atoms with E-state index in [-0.39, 0.29) is 12.0 Å². The second-order valence-electron chi connectivity index (χ2n) is 5.48. The van der Waals surface area contributed by atoms with E-state index in [0.29, 0.717) is 18.7 Å². The van der Waals surface area contributed by atoms with Gasteiger partial charge in [-0.25, -0.2) is 0 Å². The number of ether oxygens (including phenoxy) is 1. The minimum Gasteiger partial charge on any atom is -0.489 e. The Labute approximate surface area is 130 Å². The van der Waals surface area contributed by atoms with Gasteiger partial charge in [0.05, 0.1) is 6.20 Å². The Morgan fingerprint density at radius 3 is 2.55 bits per heavy atom. The van der Waals surface area contributed by atoms with Crippen LogP contribution in [-0.4, -0.2) is 40.0 Å². The molecular weight excluding hydrogens is 278 g/mol. The zero-order chi connectivity index (χ0) is 15.4. The van der Waals surface area contributed by atoms with Crippen LogP contribution in [0.1, 0.15) is 28.9 Å². The van der Waals surface area contributed by atoms with E-state index in [0.717, 1.165) is 24.3 Å². The van der Waals surface area contributed by atoms with E-state index < -0.39 is 0 Å². The van der Waals surface area contributed by atoms with Crippen LogP contribution in [0.5, 0.6) is 5.75 Å². The maximum absolute atomic E-state index is 12.3. The van der Waals surface area contributed by atoms with Crippen molar-refractivity contribution >= 4 is 5.91 Å². The molecule has 1 fully saturated rings. The molecule has 22 heavy (non-hydrogen) atoms. The predicted molar refractivity (Wildman–Crippen MR) is 82.8 cm³/mol. The summed E-state index contributed by atoms with van der Waals surface area (Å²) in [5.74, 6) is 0.863. The highest BCUT2D eigenvalue weighted by atomic mass is 16.5. The van der Waals surface area contributed by atoms with Gasteiger partial charge in [-0.1, -0.05) is 0 Å². The van der Waals surface area contributed by atoms with Crippen LogP contribution >= 0.6 is 0 Å². The highest BCUT2D eigenvalue weighted by molar-refractivity contribution is 5.94. The Kier molecular flexibility index (Phi) is 4.32. The van der Waals surface area contributed by atoms with Crippen molar-refractivity contribution in [3.8, 4) is 5.75 Å². The Hall–Kier alpha value is -2.43. The SMILES string of the molecule is Cc1ccc(OC2CCN(C(=O)c3ccncc3)CC2)cn1. The molecule has 0 radical (unpaired) electrons. The van der Waals surface area contributed by atoms with Gasteiger partial charge in [-0.2, -0.15) is 0 Å². The number of carbonyl (C=O) groups is 1. The summed E-state index contributed by atoms with van der Waals surface area (Å²) in [7, 11) is 0. The molecule has 0 N–H and O–H groups in total. The van der Waals surface area contributed by atoms with Gasteiger partial charge in [0.1, 0.15) is 11.9 Å². The van der Waals surface area contributed by atoms with Crippen molar-refractivity contribution in [2.24, 2.45) is 0 Å². The number of amides is 1. The number of aromatic nitrogens is 2. The van der Waals surface area contributed by atoms with Gasteiger partial charge in [-0.15, -0.1) is 0 Å². The average Bonchev–Trinajstić information content (AvgIpc) is 2.58. The number of nitrogens with zero attached hydrogens (tertiary/aromatic N) is 3. The molecule has 0 aliphatic carbocycles. The fourth-order valence-electron chi connectivity index (χ4n) is 2.57. The van der Waals surface area contributed by atoms with Crippen LogP contribution in [0, 0.1) is 6.92 Å². The molecule has 3 rings (SSSR count). The molecule has 0 saturated carbocycles. The van der Waals surface area contributed by atoms with Crippen molar-refractivity contribution < 1.29 is 9.53 Å². The van der Waals surface area contributed by atoms with Gasteiger partial charge in [0.25, 0.3) is 5.91 Å². The van der Waals surface area contributed by atoms with Crippen molar-refractivity contribution in [2.45, 2.75) is 25.9 Å². The van der Waals surface area contributed by atoms with Crippen LogP contribution in [0.4, 0.5) is 0 Å². The monoisotopic (exact) mass is 297 g/mol. The first-order valence-corrected chi connectivity index (χ1v) is 7.51. The molecule has 5 heteroatoms. The van der Waals surface area contributed by atoms with Crippen molar-refractivity contribution in [3.05, 3.63) is 54.1 Å². The quantitative estimate of drug-likeness (QED) is 0.873. The maximum Gasteiger partial charge on any atom is 0.253 e. The number of hydrogen-bond acceptors (Lipinski definition) is 4. The third-order valence-corrected chi connectivity index (χ3v) is 3.84. The molecule has 0 unspecified atom stereocenters. The molecule has 0 bridgehead atoms. The van der Waals surface area contributed by atoms with Gasteiger partial charge in [0, 0.05) is 49.6 Å². The molecule has 2 aromatic heterocycles. The Morgan fingerprint density at radius 2 is 1.91 bits per heavy atom. The number of hydrogen-bond donors (Lipinski definition) is 0. The molecule has 3 heterocycles. The standard InChI is InChI=1S/C17H19N3O2/c1-13-2-3-16(12-19-13)22-15-6-10-20(11-7-15)17(21)14-4-8-18-9-5-14/h2-5,8-9,12,15H,6-7,10-11H2,1H3. The van der Waals surface area contributed by atoms with E-state index in [1.807, 2.05) is 24.0 Å². The number of pyridine rings is 2. The molecule has 2 aromatic rings. The summed E-state index contributed by atoms with van der Waals surface area (Å²) >= 11 is 0. The van der Waals surface area contributed by atoms with Gasteiger partial charge >= 0.3 is 0 Å². The first-order chi connectivity index (χ1) is 10.7. The lowest BCUT2D eigenvalue weighted by Crippen LogP contribution is -2.41. The van der Waals surface area contributed by atoms with E-state index >= 15 is 0 Å². The summed E-state index contributed by atoms with van der Waals surface area (Å²) in [5, 5.41) is 0. The van der Waals surface area contributed by atoms with Crippen molar-refractivity contribution in [1.29, 1.82) is 0 Å². The smallest absolute Gasteiger partial charge is 0.253 e. The molecule has 1 saturated heterocycles. The minimum absolute atomic E-state index is 0.0675. The van der Waals surface area contributed by atoms with Gasteiger partial charge in [0.2, 0.25) is 0 Å². The number of likely N-dealkylation sites (tertiary alicyclic amines) is 1. The first-order valence-electron chi connectivity index (χ1n) is 7.51. The zero-order valence-electron chi connectivity index (χ0n) is 12.6. The van der Waals surface area contributed by atoms with E-state index in [9.17, 15) is 4.79 Å². The lowest BCUT2D eigenvalue weighted by atomic mass is 10.1. The lowest BCUT2D eigenvalue weighted by molar-refractivity contribution is 0.0595. The van der Waals surface area contributed by atoms with Crippen LogP contribution in [0.2, 0.25) is 0 Å². The Balaban J connectivity index is 1.54. The number of piperidine rings is 1. The summed E-state index contributed by atoms with van der Waals surface area (Å²) < 4.78 is 5.93. The average molecular weight is 297 g/mol. The predicted octanol–water partition coefficient (Wildman–Crippen LogP) is 2.47. The second-order valence-corrected chi connectivity index (χ2v) is 5.48. The van der Waals surface area contributed by atoms with Crippen molar-refractivity contribution in [3.63, 3.8) is 0 Å². The zero-order valence-corrected chi connectivity index (χ0v) is 12.6. The maximum atomic E-state index is 12.3. The summed E-state index contributed by atoms with van der Waals surface area (Å²) in [6.07, 6.45) is 6.87. The molecule has 0 atom stereocenters. The van der Waals surface area contributed by atoms with Crippen molar-refractivity contribution in [1.82, 2.24) is 14.9 Å². The fraction of sp³-hybridized carbons (Fsp3) is 0.353. The topological polar surface area (TPSA) is 55.3 Å². The summed E-state index contributed by atoms with van der Waals surface area (Å²) in [6.45, 7) is 3.38. The molecule has 114 valence electrons. The van der Waals surface area contributed by atoms with Gasteiger partial charge in [-0.3, -0.25) is 14.8 Å². The molecule has 1 aliphatic heterocycles. The van der Waals surface area contributed by atoms with Crippen LogP contribution in [0.25, 0.3) is 0 Å². The van der Waals surface area contributed by atoms with Crippen molar-refractivity contribution in [2.75, 3.05) is 13.1 Å². The number of carbonyl (C=O) groups excluding carboxylic acids is 1. The third-order valence-electron chi connectivity index (χ3n) is 3.84. The van der Waals surface area contributed by atoms with E-state index in [1.54, 1.807) is 30.7 Å². The largest absolute Gasteiger partial charge is 0.489 e. The van der Waals surface area contributed by atoms with Gasteiger partial charge in [-0.05, 0) is 31.2 Å². The van der Waals surface area contributed by atoms with E-state index in [4.69, 9.17) is 4.74 Å². The number of rotatable bonds is 3. The summed E-state index contributed by atoms with van der Waals surface area (Å²) in [6, 6.07) is 7.39. The lowest BCUT2D eigenvalue weighted by Gasteiger charge is -2.32. The van der Waals surface area contributed by atoms with Gasteiger partial charge in [0.15, 0.2) is 0 Å². The molecule has 1 amide bonds. The highest BCUT2D eigenvalue weighted by Gasteiger charge is 2.24. The molecular formula is C17H19N3O2. The molecule has 1 aliphatic rings. The third kappa shape index (κ3) is 3.42. The highest BCUT2D eigenvalue weighted by Crippen LogP contribution is 2.19. The summed E-state index contributed by atoms with van der Waals surface area (Å²) in [5.41, 5.74) is 1.67. The van der Waals surface area contributed by atoms with E-state index in [2.05, 4.69) is 9.97 Å². The first kappa shape index (κ1) is 14.5. The molecule has 5 nitrogen and oxygen atoms in total. The normalized spacial score (nSPS) is 15.6. The molecule has 0 aromatic carbocycles. The van der Waals surface area contributed by atoms with Crippen LogP contribution in [-0.2, 0) is 0 Å². The summed E-state index contributed by atoms with van der Waals surface area (Å²) in [4.78, 5) is 22.4.